The summed E-state index contributed by atoms with van der Waals surface area (Å²) >= 11 is 0. The van der Waals surface area contributed by atoms with Gasteiger partial charge in [-0.1, -0.05) is 0 Å². The Morgan fingerprint density at radius 2 is 1.94 bits per heavy atom. The summed E-state index contributed by atoms with van der Waals surface area (Å²) in [5, 5.41) is 3.66. The monoisotopic (exact) mass is 238 g/mol. The molecule has 1 N–H and O–H groups in total. The van der Waals surface area contributed by atoms with E-state index in [1.165, 1.54) is 12.1 Å². The van der Waals surface area contributed by atoms with Crippen LogP contribution in [0, 0.1) is 0 Å². The number of fused-ring (bicyclic) bond motifs is 2. The molecule has 0 amide bonds. The molecular formula is C11H8F2N2O2. The summed E-state index contributed by atoms with van der Waals surface area (Å²) in [7, 11) is 1.74. The molecule has 0 fully saturated rings. The number of ether oxygens (including phenoxy) is 2. The quantitative estimate of drug-likeness (QED) is 0.829. The average molecular weight is 238 g/mol. The Kier molecular flexibility index (Phi) is 1.89. The van der Waals surface area contributed by atoms with E-state index in [1.54, 1.807) is 19.3 Å². The summed E-state index contributed by atoms with van der Waals surface area (Å²) in [5.74, 6) is 0.0234. The highest BCUT2D eigenvalue weighted by Gasteiger charge is 2.43. The van der Waals surface area contributed by atoms with E-state index in [4.69, 9.17) is 0 Å². The highest BCUT2D eigenvalue weighted by atomic mass is 19.3. The van der Waals surface area contributed by atoms with Crippen molar-refractivity contribution in [2.45, 2.75) is 6.29 Å². The predicted octanol–water partition coefficient (Wildman–Crippen LogP) is 2.60. The maximum absolute atomic E-state index is 12.9. The topological polar surface area (TPSA) is 43.4 Å². The van der Waals surface area contributed by atoms with Crippen LogP contribution in [0.5, 0.6) is 11.5 Å². The molecule has 1 aromatic heterocycles. The molecule has 88 valence electrons. The van der Waals surface area contributed by atoms with Gasteiger partial charge >= 0.3 is 6.29 Å². The zero-order valence-electron chi connectivity index (χ0n) is 8.83. The number of pyridine rings is 1. The van der Waals surface area contributed by atoms with Crippen LogP contribution in [0.25, 0.3) is 10.9 Å². The standard InChI is InChI=1S/C11H8F2N2O2/c1-14-7-2-3-15-8-5-10-9(4-6(7)8)16-11(12,13)17-10/h2-5H,1H3,(H,14,15). The minimum Gasteiger partial charge on any atom is -0.395 e. The van der Waals surface area contributed by atoms with Crippen molar-refractivity contribution in [1.82, 2.24) is 4.98 Å². The predicted molar refractivity (Wildman–Crippen MR) is 57.5 cm³/mol. The first-order chi connectivity index (χ1) is 8.09. The Morgan fingerprint density at radius 1 is 1.24 bits per heavy atom. The molecule has 0 unspecified atom stereocenters. The van der Waals surface area contributed by atoms with Gasteiger partial charge in [-0.05, 0) is 12.1 Å². The highest BCUT2D eigenvalue weighted by Crippen LogP contribution is 2.43. The zero-order chi connectivity index (χ0) is 12.0. The van der Waals surface area contributed by atoms with E-state index in [2.05, 4.69) is 19.8 Å². The Morgan fingerprint density at radius 3 is 2.65 bits per heavy atom. The van der Waals surface area contributed by atoms with Crippen molar-refractivity contribution in [3.05, 3.63) is 24.4 Å². The smallest absolute Gasteiger partial charge is 0.395 e. The SMILES string of the molecule is CNc1ccnc2cc3c(cc12)OC(F)(F)O3. The van der Waals surface area contributed by atoms with Crippen LogP contribution < -0.4 is 14.8 Å². The Hall–Kier alpha value is -2.11. The van der Waals surface area contributed by atoms with Crippen molar-refractivity contribution in [2.24, 2.45) is 0 Å². The van der Waals surface area contributed by atoms with Crippen LogP contribution >= 0.6 is 0 Å². The molecule has 17 heavy (non-hydrogen) atoms. The molecule has 1 aromatic carbocycles. The number of hydrogen-bond donors (Lipinski definition) is 1. The van der Waals surface area contributed by atoms with Gasteiger partial charge in [0.05, 0.1) is 5.52 Å². The van der Waals surface area contributed by atoms with Crippen LogP contribution in [0.3, 0.4) is 0 Å². The molecule has 1 aliphatic rings. The van der Waals surface area contributed by atoms with Crippen LogP contribution in [-0.4, -0.2) is 18.3 Å². The number of halogens is 2. The lowest BCUT2D eigenvalue weighted by Crippen LogP contribution is -2.25. The van der Waals surface area contributed by atoms with Gasteiger partial charge < -0.3 is 14.8 Å². The number of hydrogen-bond acceptors (Lipinski definition) is 4. The van der Waals surface area contributed by atoms with Crippen molar-refractivity contribution in [2.75, 3.05) is 12.4 Å². The second kappa shape index (κ2) is 3.19. The van der Waals surface area contributed by atoms with Gasteiger partial charge in [-0.3, -0.25) is 4.98 Å². The summed E-state index contributed by atoms with van der Waals surface area (Å²) in [4.78, 5) is 4.09. The maximum Gasteiger partial charge on any atom is 0.586 e. The van der Waals surface area contributed by atoms with Crippen molar-refractivity contribution in [3.63, 3.8) is 0 Å². The van der Waals surface area contributed by atoms with Crippen molar-refractivity contribution >= 4 is 16.6 Å². The van der Waals surface area contributed by atoms with E-state index in [0.29, 0.717) is 10.9 Å². The van der Waals surface area contributed by atoms with E-state index in [-0.39, 0.29) is 11.5 Å². The molecule has 0 bridgehead atoms. The Labute approximate surface area is 95.2 Å². The molecule has 0 atom stereocenters. The number of nitrogens with zero attached hydrogens (tertiary/aromatic N) is 1. The zero-order valence-corrected chi connectivity index (χ0v) is 8.83. The number of alkyl halides is 2. The van der Waals surface area contributed by atoms with Crippen molar-refractivity contribution in [1.29, 1.82) is 0 Å². The van der Waals surface area contributed by atoms with Crippen molar-refractivity contribution < 1.29 is 18.3 Å². The molecule has 6 heteroatoms. The first-order valence-corrected chi connectivity index (χ1v) is 4.95. The molecule has 0 aliphatic carbocycles. The van der Waals surface area contributed by atoms with Gasteiger partial charge in [-0.25, -0.2) is 0 Å². The lowest BCUT2D eigenvalue weighted by atomic mass is 10.1. The Bertz CT molecular complexity index is 601. The van der Waals surface area contributed by atoms with Crippen LogP contribution in [0.1, 0.15) is 0 Å². The highest BCUT2D eigenvalue weighted by molar-refractivity contribution is 5.93. The summed E-state index contributed by atoms with van der Waals surface area (Å²) in [6, 6.07) is 4.68. The fourth-order valence-corrected chi connectivity index (χ4v) is 1.81. The van der Waals surface area contributed by atoms with Crippen LogP contribution in [0.4, 0.5) is 14.5 Å². The molecule has 3 rings (SSSR count). The fraction of sp³-hybridized carbons (Fsp3) is 0.182. The lowest BCUT2D eigenvalue weighted by Gasteiger charge is -2.05. The third-order valence-electron chi connectivity index (χ3n) is 2.53. The maximum atomic E-state index is 12.9. The van der Waals surface area contributed by atoms with Gasteiger partial charge in [-0.2, -0.15) is 0 Å². The summed E-state index contributed by atoms with van der Waals surface area (Å²) in [5.41, 5.74) is 1.36. The summed E-state index contributed by atoms with van der Waals surface area (Å²) in [6.45, 7) is 0. The van der Waals surface area contributed by atoms with Gasteiger partial charge in [0.15, 0.2) is 11.5 Å². The second-order valence-electron chi connectivity index (χ2n) is 3.59. The van der Waals surface area contributed by atoms with E-state index in [0.717, 1.165) is 5.69 Å². The number of rotatable bonds is 1. The molecule has 4 nitrogen and oxygen atoms in total. The normalized spacial score (nSPS) is 16.2. The summed E-state index contributed by atoms with van der Waals surface area (Å²) < 4.78 is 34.5. The third kappa shape index (κ3) is 1.52. The molecular weight excluding hydrogens is 230 g/mol. The first-order valence-electron chi connectivity index (χ1n) is 4.95. The minimum atomic E-state index is -3.60. The van der Waals surface area contributed by atoms with Crippen LogP contribution in [0.15, 0.2) is 24.4 Å². The van der Waals surface area contributed by atoms with E-state index >= 15 is 0 Å². The van der Waals surface area contributed by atoms with Gasteiger partial charge in [0, 0.05) is 30.4 Å². The molecule has 2 heterocycles. The van der Waals surface area contributed by atoms with Gasteiger partial charge in [-0.15, -0.1) is 8.78 Å². The fourth-order valence-electron chi connectivity index (χ4n) is 1.81. The van der Waals surface area contributed by atoms with E-state index in [1.807, 2.05) is 0 Å². The first kappa shape index (κ1) is 10.1. The van der Waals surface area contributed by atoms with Gasteiger partial charge in [0.25, 0.3) is 0 Å². The molecule has 1 aliphatic heterocycles. The van der Waals surface area contributed by atoms with E-state index in [9.17, 15) is 8.78 Å². The molecule has 0 spiro atoms. The third-order valence-corrected chi connectivity index (χ3v) is 2.53. The number of nitrogens with one attached hydrogen (secondary N) is 1. The minimum absolute atomic E-state index is 0.00301. The molecule has 2 aromatic rings. The molecule has 0 saturated carbocycles. The number of anilines is 1. The van der Waals surface area contributed by atoms with E-state index < -0.39 is 6.29 Å². The largest absolute Gasteiger partial charge is 0.586 e. The second-order valence-corrected chi connectivity index (χ2v) is 3.59. The van der Waals surface area contributed by atoms with Gasteiger partial charge in [0.2, 0.25) is 0 Å². The summed E-state index contributed by atoms with van der Waals surface area (Å²) in [6.07, 6.45) is -2.01. The van der Waals surface area contributed by atoms with Crippen molar-refractivity contribution in [3.8, 4) is 11.5 Å². The van der Waals surface area contributed by atoms with Crippen LogP contribution in [0.2, 0.25) is 0 Å². The molecule has 0 radical (unpaired) electrons. The number of aromatic nitrogens is 1. The number of benzene rings is 1. The van der Waals surface area contributed by atoms with Gasteiger partial charge in [0.1, 0.15) is 0 Å². The lowest BCUT2D eigenvalue weighted by molar-refractivity contribution is -0.286. The average Bonchev–Trinajstić information content (AvgIpc) is 2.57. The molecule has 0 saturated heterocycles. The Balaban J connectivity index is 2.23. The van der Waals surface area contributed by atoms with Crippen LogP contribution in [-0.2, 0) is 0 Å².